The Bertz CT molecular complexity index is 330. The molecule has 5 nitrogen and oxygen atoms in total. The van der Waals surface area contributed by atoms with E-state index in [0.717, 1.165) is 0 Å². The zero-order valence-electron chi connectivity index (χ0n) is 7.14. The number of hydrogen-bond donors (Lipinski definition) is 1. The number of nitrogens with zero attached hydrogens (tertiary/aromatic N) is 2. The Balaban J connectivity index is 2.91. The molecular formula is C7H8N2O3S. The van der Waals surface area contributed by atoms with Crippen molar-refractivity contribution in [2.45, 2.75) is 12.1 Å². The van der Waals surface area contributed by atoms with Gasteiger partial charge in [0.1, 0.15) is 0 Å². The summed E-state index contributed by atoms with van der Waals surface area (Å²) in [6.45, 7) is 1.67. The molecule has 0 bridgehead atoms. The Kier molecular flexibility index (Phi) is 3.07. The van der Waals surface area contributed by atoms with Crippen LogP contribution in [0.2, 0.25) is 0 Å². The van der Waals surface area contributed by atoms with E-state index in [1.54, 1.807) is 6.92 Å². The molecule has 0 spiro atoms. The third-order valence-electron chi connectivity index (χ3n) is 1.29. The van der Waals surface area contributed by atoms with Crippen molar-refractivity contribution < 1.29 is 14.6 Å². The highest BCUT2D eigenvalue weighted by atomic mass is 32.2. The molecular weight excluding hydrogens is 192 g/mol. The van der Waals surface area contributed by atoms with E-state index < -0.39 is 6.16 Å². The summed E-state index contributed by atoms with van der Waals surface area (Å²) in [7, 11) is 0. The molecule has 6 heteroatoms. The Morgan fingerprint density at radius 1 is 1.69 bits per heavy atom. The minimum atomic E-state index is -1.36. The molecule has 0 aliphatic carbocycles. The van der Waals surface area contributed by atoms with E-state index in [4.69, 9.17) is 5.11 Å². The summed E-state index contributed by atoms with van der Waals surface area (Å²) in [6, 6.07) is 0. The largest absolute Gasteiger partial charge is 0.511 e. The van der Waals surface area contributed by atoms with Gasteiger partial charge in [-0.05, 0) is 13.2 Å². The van der Waals surface area contributed by atoms with Crippen molar-refractivity contribution in [1.82, 2.24) is 9.97 Å². The zero-order chi connectivity index (χ0) is 9.84. The number of aryl methyl sites for hydroxylation is 1. The summed E-state index contributed by atoms with van der Waals surface area (Å²) < 4.78 is 4.43. The summed E-state index contributed by atoms with van der Waals surface area (Å²) >= 11 is 1.39. The molecule has 0 aliphatic rings. The van der Waals surface area contributed by atoms with Crippen LogP contribution >= 0.6 is 11.8 Å². The third kappa shape index (κ3) is 2.59. The molecule has 1 aromatic rings. The number of ether oxygens (including phenoxy) is 1. The summed E-state index contributed by atoms with van der Waals surface area (Å²) in [5, 5.41) is 8.93. The van der Waals surface area contributed by atoms with Gasteiger partial charge < -0.3 is 9.84 Å². The monoisotopic (exact) mass is 200 g/mol. The average molecular weight is 200 g/mol. The van der Waals surface area contributed by atoms with Crippen molar-refractivity contribution in [3.8, 4) is 5.75 Å². The van der Waals surface area contributed by atoms with E-state index in [2.05, 4.69) is 14.7 Å². The highest BCUT2D eigenvalue weighted by Crippen LogP contribution is 2.17. The van der Waals surface area contributed by atoms with Crippen LogP contribution in [0.1, 0.15) is 5.69 Å². The van der Waals surface area contributed by atoms with E-state index in [1.165, 1.54) is 18.0 Å². The van der Waals surface area contributed by atoms with Crippen LogP contribution < -0.4 is 4.74 Å². The first-order valence-corrected chi connectivity index (χ1v) is 4.64. The van der Waals surface area contributed by atoms with Crippen LogP contribution in [0.25, 0.3) is 0 Å². The lowest BCUT2D eigenvalue weighted by atomic mass is 10.4. The number of rotatable bonds is 2. The van der Waals surface area contributed by atoms with Gasteiger partial charge in [-0.2, -0.15) is 0 Å². The molecule has 0 atom stereocenters. The minimum absolute atomic E-state index is 0.172. The van der Waals surface area contributed by atoms with Gasteiger partial charge in [-0.15, -0.1) is 0 Å². The molecule has 1 heterocycles. The lowest BCUT2D eigenvalue weighted by Gasteiger charge is -2.02. The van der Waals surface area contributed by atoms with E-state index in [1.807, 2.05) is 6.26 Å². The van der Waals surface area contributed by atoms with Gasteiger partial charge in [-0.25, -0.2) is 14.8 Å². The molecule has 0 saturated carbocycles. The SMILES string of the molecule is CSc1ncc(OC(=O)O)c(C)n1. The molecule has 1 aromatic heterocycles. The first-order valence-electron chi connectivity index (χ1n) is 3.42. The van der Waals surface area contributed by atoms with E-state index >= 15 is 0 Å². The van der Waals surface area contributed by atoms with Crippen LogP contribution in [-0.4, -0.2) is 27.5 Å². The lowest BCUT2D eigenvalue weighted by Crippen LogP contribution is -2.05. The number of aromatic nitrogens is 2. The average Bonchev–Trinajstić information content (AvgIpc) is 2.08. The molecule has 0 aromatic carbocycles. The lowest BCUT2D eigenvalue weighted by molar-refractivity contribution is 0.143. The maximum absolute atomic E-state index is 10.2. The third-order valence-corrected chi connectivity index (χ3v) is 1.85. The smallest absolute Gasteiger partial charge is 0.449 e. The molecule has 0 amide bonds. The van der Waals surface area contributed by atoms with E-state index in [0.29, 0.717) is 10.9 Å². The highest BCUT2D eigenvalue weighted by molar-refractivity contribution is 7.98. The van der Waals surface area contributed by atoms with Gasteiger partial charge in [-0.1, -0.05) is 11.8 Å². The highest BCUT2D eigenvalue weighted by Gasteiger charge is 2.07. The first-order chi connectivity index (χ1) is 6.13. The van der Waals surface area contributed by atoms with Crippen LogP contribution in [0, 0.1) is 6.92 Å². The number of hydrogen-bond acceptors (Lipinski definition) is 5. The normalized spacial score (nSPS) is 9.69. The van der Waals surface area contributed by atoms with Gasteiger partial charge in [0, 0.05) is 0 Å². The van der Waals surface area contributed by atoms with Crippen LogP contribution in [0.4, 0.5) is 4.79 Å². The second-order valence-corrected chi connectivity index (χ2v) is 2.95. The fourth-order valence-corrected chi connectivity index (χ4v) is 1.11. The topological polar surface area (TPSA) is 72.3 Å². The van der Waals surface area contributed by atoms with Crippen molar-refractivity contribution in [3.05, 3.63) is 11.9 Å². The predicted molar refractivity (Wildman–Crippen MR) is 47.2 cm³/mol. The van der Waals surface area contributed by atoms with Gasteiger partial charge in [-0.3, -0.25) is 0 Å². The standard InChI is InChI=1S/C7H8N2O3S/c1-4-5(12-7(10)11)3-8-6(9-4)13-2/h3H,1-2H3,(H,10,11). The Labute approximate surface area is 79.2 Å². The van der Waals surface area contributed by atoms with Crippen LogP contribution in [0.5, 0.6) is 5.75 Å². The molecule has 0 aliphatic heterocycles. The van der Waals surface area contributed by atoms with E-state index in [-0.39, 0.29) is 5.75 Å². The van der Waals surface area contributed by atoms with Crippen LogP contribution in [0.3, 0.4) is 0 Å². The Hall–Kier alpha value is -1.30. The summed E-state index contributed by atoms with van der Waals surface area (Å²) in [4.78, 5) is 18.1. The van der Waals surface area contributed by atoms with Gasteiger partial charge in [0.15, 0.2) is 10.9 Å². The number of thioether (sulfide) groups is 1. The molecule has 70 valence electrons. The molecule has 0 saturated heterocycles. The van der Waals surface area contributed by atoms with Gasteiger partial charge in [0.2, 0.25) is 0 Å². The first kappa shape index (κ1) is 9.79. The fourth-order valence-electron chi connectivity index (χ4n) is 0.727. The minimum Gasteiger partial charge on any atom is -0.449 e. The zero-order valence-corrected chi connectivity index (χ0v) is 7.96. The predicted octanol–water partition coefficient (Wildman–Crippen LogP) is 1.56. The molecule has 0 fully saturated rings. The molecule has 1 rings (SSSR count). The Morgan fingerprint density at radius 2 is 2.38 bits per heavy atom. The fraction of sp³-hybridized carbons (Fsp3) is 0.286. The second-order valence-electron chi connectivity index (χ2n) is 2.17. The molecule has 0 radical (unpaired) electrons. The maximum atomic E-state index is 10.2. The van der Waals surface area contributed by atoms with Crippen LogP contribution in [-0.2, 0) is 0 Å². The Morgan fingerprint density at radius 3 is 2.85 bits per heavy atom. The summed E-state index contributed by atoms with van der Waals surface area (Å²) in [5.41, 5.74) is 0.516. The van der Waals surface area contributed by atoms with Crippen molar-refractivity contribution in [2.75, 3.05) is 6.26 Å². The van der Waals surface area contributed by atoms with Crippen molar-refractivity contribution in [1.29, 1.82) is 0 Å². The van der Waals surface area contributed by atoms with Gasteiger partial charge in [0.05, 0.1) is 11.9 Å². The van der Waals surface area contributed by atoms with Crippen molar-refractivity contribution in [3.63, 3.8) is 0 Å². The van der Waals surface area contributed by atoms with E-state index in [9.17, 15) is 4.79 Å². The van der Waals surface area contributed by atoms with Crippen molar-refractivity contribution >= 4 is 17.9 Å². The molecule has 1 N–H and O–H groups in total. The molecule has 0 unspecified atom stereocenters. The number of carboxylic acid groups (broad SMARTS) is 1. The van der Waals surface area contributed by atoms with Crippen LogP contribution in [0.15, 0.2) is 11.4 Å². The summed E-state index contributed by atoms with van der Waals surface area (Å²) in [5.74, 6) is 0.172. The maximum Gasteiger partial charge on any atom is 0.511 e. The van der Waals surface area contributed by atoms with Gasteiger partial charge in [0.25, 0.3) is 0 Å². The molecule has 13 heavy (non-hydrogen) atoms. The second kappa shape index (κ2) is 4.08. The van der Waals surface area contributed by atoms with Gasteiger partial charge >= 0.3 is 6.16 Å². The number of carbonyl (C=O) groups is 1. The summed E-state index contributed by atoms with van der Waals surface area (Å²) in [6.07, 6.45) is 1.83. The quantitative estimate of drug-likeness (QED) is 0.443. The van der Waals surface area contributed by atoms with Crippen molar-refractivity contribution in [2.24, 2.45) is 0 Å².